The van der Waals surface area contributed by atoms with Gasteiger partial charge in [-0.25, -0.2) is 9.18 Å². The number of amides is 2. The lowest BCUT2D eigenvalue weighted by Crippen LogP contribution is -2.58. The molecule has 9 heteroatoms. The zero-order chi connectivity index (χ0) is 21.5. The summed E-state index contributed by atoms with van der Waals surface area (Å²) in [5.74, 6) is -0.709. The van der Waals surface area contributed by atoms with Crippen LogP contribution in [0.1, 0.15) is 30.4 Å². The predicted molar refractivity (Wildman–Crippen MR) is 99.2 cm³/mol. The molecule has 164 valence electrons. The molecule has 30 heavy (non-hydrogen) atoms. The highest BCUT2D eigenvalue weighted by Gasteiger charge is 2.40. The Kier molecular flexibility index (Phi) is 5.74. The first-order chi connectivity index (χ1) is 14.2. The molecule has 0 aromatic heterocycles. The molecule has 0 unspecified atom stereocenters. The molecule has 0 saturated carbocycles. The van der Waals surface area contributed by atoms with E-state index in [0.717, 1.165) is 18.2 Å². The monoisotopic (exact) mass is 428 g/mol. The van der Waals surface area contributed by atoms with Gasteiger partial charge in [-0.05, 0) is 37.3 Å². The van der Waals surface area contributed by atoms with Crippen molar-refractivity contribution in [3.63, 3.8) is 0 Å². The summed E-state index contributed by atoms with van der Waals surface area (Å²) < 4.78 is 58.8. The maximum Gasteiger partial charge on any atom is 0.416 e. The first kappa shape index (κ1) is 21.1. The van der Waals surface area contributed by atoms with Crippen LogP contribution in [0.5, 0.6) is 0 Å². The Hall–Kier alpha value is -2.16. The number of hydrogen-bond donors (Lipinski definition) is 0. The molecule has 2 atom stereocenters. The van der Waals surface area contributed by atoms with Crippen LogP contribution in [-0.2, 0) is 22.1 Å². The average molecular weight is 428 g/mol. The number of halogens is 4. The molecular formula is C21H24F4N2O3. The standard InChI is InChI=1S/C21H24F4N2O3/c22-18-3-1-2-17(21(23,24)25)16(18)5-4-13-9-27(10-13)20(29)26-7-6-19-14(11-26)8-15(28)12-30-19/h1-3,13-14,19H,4-12H2/t14-,19+/m1/s1. The second kappa shape index (κ2) is 8.17. The molecule has 0 spiro atoms. The van der Waals surface area contributed by atoms with Gasteiger partial charge in [0.2, 0.25) is 0 Å². The number of fused-ring (bicyclic) bond motifs is 1. The van der Waals surface area contributed by atoms with E-state index in [1.807, 2.05) is 0 Å². The third-order valence-electron chi connectivity index (χ3n) is 6.34. The number of piperidine rings is 1. The van der Waals surface area contributed by atoms with E-state index in [1.54, 1.807) is 9.80 Å². The molecule has 3 heterocycles. The van der Waals surface area contributed by atoms with Crippen molar-refractivity contribution in [1.82, 2.24) is 9.80 Å². The highest BCUT2D eigenvalue weighted by atomic mass is 19.4. The third-order valence-corrected chi connectivity index (χ3v) is 6.34. The van der Waals surface area contributed by atoms with Gasteiger partial charge in [0, 0.05) is 44.1 Å². The topological polar surface area (TPSA) is 49.9 Å². The first-order valence-corrected chi connectivity index (χ1v) is 10.2. The van der Waals surface area contributed by atoms with Crippen LogP contribution in [0.25, 0.3) is 0 Å². The lowest BCUT2D eigenvalue weighted by atomic mass is 9.87. The number of nitrogens with zero attached hydrogens (tertiary/aromatic N) is 2. The summed E-state index contributed by atoms with van der Waals surface area (Å²) in [6, 6.07) is 2.91. The summed E-state index contributed by atoms with van der Waals surface area (Å²) in [7, 11) is 0. The number of benzene rings is 1. The maximum atomic E-state index is 14.0. The van der Waals surface area contributed by atoms with Crippen LogP contribution < -0.4 is 0 Å². The van der Waals surface area contributed by atoms with Gasteiger partial charge in [-0.15, -0.1) is 0 Å². The van der Waals surface area contributed by atoms with Gasteiger partial charge in [0.05, 0.1) is 11.7 Å². The molecule has 0 N–H and O–H groups in total. The van der Waals surface area contributed by atoms with E-state index in [9.17, 15) is 27.2 Å². The molecule has 4 rings (SSSR count). The largest absolute Gasteiger partial charge is 0.416 e. The molecule has 1 aromatic carbocycles. The Morgan fingerprint density at radius 1 is 1.17 bits per heavy atom. The quantitative estimate of drug-likeness (QED) is 0.693. The molecule has 3 aliphatic rings. The Balaban J connectivity index is 1.28. The number of ether oxygens (including phenoxy) is 1. The summed E-state index contributed by atoms with van der Waals surface area (Å²) in [6.07, 6.45) is -3.05. The Bertz CT molecular complexity index is 823. The van der Waals surface area contributed by atoms with Crippen molar-refractivity contribution in [3.8, 4) is 0 Å². The number of carbonyl (C=O) groups excluding carboxylic acids is 2. The molecule has 5 nitrogen and oxygen atoms in total. The second-order valence-corrected chi connectivity index (χ2v) is 8.44. The Labute approximate surface area is 172 Å². The van der Waals surface area contributed by atoms with Gasteiger partial charge in [0.15, 0.2) is 5.78 Å². The maximum absolute atomic E-state index is 14.0. The minimum absolute atomic E-state index is 0.0128. The van der Waals surface area contributed by atoms with E-state index >= 15 is 0 Å². The molecule has 1 aromatic rings. The summed E-state index contributed by atoms with van der Waals surface area (Å²) in [4.78, 5) is 27.7. The summed E-state index contributed by atoms with van der Waals surface area (Å²) >= 11 is 0. The number of hydrogen-bond acceptors (Lipinski definition) is 3. The number of likely N-dealkylation sites (tertiary alicyclic amines) is 2. The van der Waals surface area contributed by atoms with Crippen LogP contribution in [-0.4, -0.2) is 60.5 Å². The van der Waals surface area contributed by atoms with Gasteiger partial charge in [-0.2, -0.15) is 13.2 Å². The molecule has 3 fully saturated rings. The fourth-order valence-electron chi connectivity index (χ4n) is 4.69. The number of alkyl halides is 3. The number of Topliss-reactive ketones (excluding diaryl/α,β-unsaturated/α-hetero) is 1. The van der Waals surface area contributed by atoms with E-state index in [-0.39, 0.29) is 48.3 Å². The molecule has 3 aliphatic heterocycles. The van der Waals surface area contributed by atoms with Gasteiger partial charge in [0.25, 0.3) is 0 Å². The summed E-state index contributed by atoms with van der Waals surface area (Å²) in [5, 5.41) is 0. The van der Waals surface area contributed by atoms with Gasteiger partial charge < -0.3 is 14.5 Å². The molecule has 0 aliphatic carbocycles. The van der Waals surface area contributed by atoms with E-state index in [2.05, 4.69) is 0 Å². The van der Waals surface area contributed by atoms with Crippen LogP contribution in [0.15, 0.2) is 18.2 Å². The van der Waals surface area contributed by atoms with Gasteiger partial charge >= 0.3 is 12.2 Å². The van der Waals surface area contributed by atoms with Crippen LogP contribution in [0.2, 0.25) is 0 Å². The van der Waals surface area contributed by atoms with Crippen molar-refractivity contribution in [1.29, 1.82) is 0 Å². The molecule has 2 amide bonds. The van der Waals surface area contributed by atoms with Crippen molar-refractivity contribution in [3.05, 3.63) is 35.1 Å². The highest BCUT2D eigenvalue weighted by molar-refractivity contribution is 5.81. The zero-order valence-electron chi connectivity index (χ0n) is 16.5. The highest BCUT2D eigenvalue weighted by Crippen LogP contribution is 2.35. The predicted octanol–water partition coefficient (Wildman–Crippen LogP) is 3.51. The van der Waals surface area contributed by atoms with Crippen molar-refractivity contribution >= 4 is 11.8 Å². The third kappa shape index (κ3) is 4.31. The van der Waals surface area contributed by atoms with Crippen molar-refractivity contribution in [2.45, 2.75) is 38.0 Å². The van der Waals surface area contributed by atoms with E-state index in [1.165, 1.54) is 0 Å². The Morgan fingerprint density at radius 3 is 2.67 bits per heavy atom. The van der Waals surface area contributed by atoms with Crippen LogP contribution in [0.4, 0.5) is 22.4 Å². The van der Waals surface area contributed by atoms with Gasteiger partial charge in [-0.3, -0.25) is 4.79 Å². The summed E-state index contributed by atoms with van der Waals surface area (Å²) in [5.41, 5.74) is -1.24. The Morgan fingerprint density at radius 2 is 1.93 bits per heavy atom. The van der Waals surface area contributed by atoms with E-state index in [4.69, 9.17) is 4.74 Å². The van der Waals surface area contributed by atoms with E-state index < -0.39 is 17.6 Å². The normalized spacial score (nSPS) is 25.1. The molecule has 3 saturated heterocycles. The van der Waals surface area contributed by atoms with Crippen LogP contribution >= 0.6 is 0 Å². The SMILES string of the molecule is O=C1CO[C@H]2CCN(C(=O)N3CC(CCc4c(F)cccc4C(F)(F)F)C3)C[C@H]2C1. The second-order valence-electron chi connectivity index (χ2n) is 8.44. The van der Waals surface area contributed by atoms with Crippen molar-refractivity contribution < 1.29 is 31.9 Å². The zero-order valence-corrected chi connectivity index (χ0v) is 16.5. The number of carbonyl (C=O) groups is 2. The fraction of sp³-hybridized carbons (Fsp3) is 0.619. The van der Waals surface area contributed by atoms with Crippen molar-refractivity contribution in [2.24, 2.45) is 11.8 Å². The molecule has 0 bridgehead atoms. The minimum atomic E-state index is -4.59. The minimum Gasteiger partial charge on any atom is -0.370 e. The lowest BCUT2D eigenvalue weighted by molar-refractivity contribution is -0.140. The van der Waals surface area contributed by atoms with Crippen molar-refractivity contribution in [2.75, 3.05) is 32.8 Å². The van der Waals surface area contributed by atoms with Crippen LogP contribution in [0.3, 0.4) is 0 Å². The number of rotatable bonds is 3. The smallest absolute Gasteiger partial charge is 0.370 e. The number of urea groups is 1. The van der Waals surface area contributed by atoms with E-state index in [0.29, 0.717) is 45.4 Å². The van der Waals surface area contributed by atoms with Gasteiger partial charge in [-0.1, -0.05) is 6.07 Å². The van der Waals surface area contributed by atoms with Crippen LogP contribution in [0, 0.1) is 17.7 Å². The number of ketones is 1. The van der Waals surface area contributed by atoms with Gasteiger partial charge in [0.1, 0.15) is 12.4 Å². The lowest BCUT2D eigenvalue weighted by Gasteiger charge is -2.46. The average Bonchev–Trinajstić information content (AvgIpc) is 2.66. The summed E-state index contributed by atoms with van der Waals surface area (Å²) in [6.45, 7) is 2.12. The first-order valence-electron chi connectivity index (χ1n) is 10.2. The fourth-order valence-corrected chi connectivity index (χ4v) is 4.69. The molecule has 0 radical (unpaired) electrons. The molecular weight excluding hydrogens is 404 g/mol.